The molecule has 0 radical (unpaired) electrons. The fourth-order valence-electron chi connectivity index (χ4n) is 2.77. The standard InChI is InChI=1S/C21H22FN3O5S/c1-25(11-13-5-7-15(22)8-6-13)18(26)12-31-21-24-23-20(30-21)14-9-16(27-2)19(29-4)17(10-14)28-3/h5-10H,11-12H2,1-4H3. The van der Waals surface area contributed by atoms with Crippen LogP contribution in [0.1, 0.15) is 5.56 Å². The summed E-state index contributed by atoms with van der Waals surface area (Å²) in [6.45, 7) is 0.375. The van der Waals surface area contributed by atoms with Gasteiger partial charge in [-0.25, -0.2) is 4.39 Å². The number of aromatic nitrogens is 2. The van der Waals surface area contributed by atoms with Crippen LogP contribution in [0.4, 0.5) is 4.39 Å². The van der Waals surface area contributed by atoms with Gasteiger partial charge in [0.05, 0.1) is 27.1 Å². The van der Waals surface area contributed by atoms with E-state index in [-0.39, 0.29) is 28.6 Å². The average molecular weight is 447 g/mol. The van der Waals surface area contributed by atoms with Gasteiger partial charge in [-0.3, -0.25) is 4.79 Å². The van der Waals surface area contributed by atoms with Crippen LogP contribution < -0.4 is 14.2 Å². The zero-order valence-electron chi connectivity index (χ0n) is 17.5. The van der Waals surface area contributed by atoms with Crippen LogP contribution in [-0.2, 0) is 11.3 Å². The second-order valence-electron chi connectivity index (χ2n) is 6.45. The highest BCUT2D eigenvalue weighted by Gasteiger charge is 2.18. The number of hydrogen-bond donors (Lipinski definition) is 0. The van der Waals surface area contributed by atoms with Gasteiger partial charge in [0.1, 0.15) is 5.82 Å². The summed E-state index contributed by atoms with van der Waals surface area (Å²) in [6, 6.07) is 9.43. The molecular weight excluding hydrogens is 425 g/mol. The molecule has 0 aliphatic rings. The lowest BCUT2D eigenvalue weighted by atomic mass is 10.2. The van der Waals surface area contributed by atoms with Crippen molar-refractivity contribution in [1.29, 1.82) is 0 Å². The Morgan fingerprint density at radius 1 is 1.06 bits per heavy atom. The number of hydrogen-bond acceptors (Lipinski definition) is 8. The third-order valence-corrected chi connectivity index (χ3v) is 5.20. The summed E-state index contributed by atoms with van der Waals surface area (Å²) in [5.41, 5.74) is 1.43. The van der Waals surface area contributed by atoms with Crippen LogP contribution in [0, 0.1) is 5.82 Å². The van der Waals surface area contributed by atoms with Gasteiger partial charge in [-0.15, -0.1) is 10.2 Å². The highest BCUT2D eigenvalue weighted by atomic mass is 32.2. The van der Waals surface area contributed by atoms with Gasteiger partial charge in [-0.2, -0.15) is 0 Å². The van der Waals surface area contributed by atoms with E-state index in [4.69, 9.17) is 18.6 Å². The predicted octanol–water partition coefficient (Wildman–Crippen LogP) is 3.65. The van der Waals surface area contributed by atoms with Crippen LogP contribution in [0.15, 0.2) is 46.0 Å². The van der Waals surface area contributed by atoms with Crippen molar-refractivity contribution >= 4 is 17.7 Å². The van der Waals surface area contributed by atoms with Crippen LogP contribution in [0.5, 0.6) is 17.2 Å². The van der Waals surface area contributed by atoms with E-state index in [1.807, 2.05) is 0 Å². The molecule has 0 unspecified atom stereocenters. The molecule has 1 heterocycles. The van der Waals surface area contributed by atoms with Crippen molar-refractivity contribution in [2.24, 2.45) is 0 Å². The first kappa shape index (κ1) is 22.4. The van der Waals surface area contributed by atoms with Crippen molar-refractivity contribution in [2.75, 3.05) is 34.1 Å². The van der Waals surface area contributed by atoms with E-state index in [1.54, 1.807) is 36.2 Å². The fraction of sp³-hybridized carbons (Fsp3) is 0.286. The van der Waals surface area contributed by atoms with E-state index >= 15 is 0 Å². The highest BCUT2D eigenvalue weighted by molar-refractivity contribution is 7.99. The molecule has 31 heavy (non-hydrogen) atoms. The summed E-state index contributed by atoms with van der Waals surface area (Å²) in [6.07, 6.45) is 0. The molecule has 3 aromatic rings. The van der Waals surface area contributed by atoms with E-state index in [9.17, 15) is 9.18 Å². The van der Waals surface area contributed by atoms with Gasteiger partial charge in [0.2, 0.25) is 17.5 Å². The predicted molar refractivity (Wildman–Crippen MR) is 113 cm³/mol. The number of amides is 1. The topological polar surface area (TPSA) is 86.9 Å². The summed E-state index contributed by atoms with van der Waals surface area (Å²) in [4.78, 5) is 13.9. The van der Waals surface area contributed by atoms with E-state index in [1.165, 1.54) is 33.5 Å². The zero-order valence-corrected chi connectivity index (χ0v) is 18.4. The smallest absolute Gasteiger partial charge is 0.277 e. The zero-order chi connectivity index (χ0) is 22.4. The minimum Gasteiger partial charge on any atom is -0.493 e. The molecule has 0 aliphatic carbocycles. The quantitative estimate of drug-likeness (QED) is 0.460. The molecule has 0 saturated carbocycles. The van der Waals surface area contributed by atoms with Gasteiger partial charge in [0.15, 0.2) is 11.5 Å². The lowest BCUT2D eigenvalue weighted by molar-refractivity contribution is -0.127. The van der Waals surface area contributed by atoms with Crippen molar-refractivity contribution in [3.8, 4) is 28.7 Å². The first-order valence-corrected chi connectivity index (χ1v) is 10.2. The third-order valence-electron chi connectivity index (χ3n) is 4.40. The van der Waals surface area contributed by atoms with Crippen molar-refractivity contribution < 1.29 is 27.8 Å². The molecule has 0 N–H and O–H groups in total. The van der Waals surface area contributed by atoms with Crippen LogP contribution >= 0.6 is 11.8 Å². The largest absolute Gasteiger partial charge is 0.493 e. The minimum absolute atomic E-state index is 0.120. The molecule has 0 bridgehead atoms. The Labute approximate surface area is 183 Å². The van der Waals surface area contributed by atoms with Crippen molar-refractivity contribution in [3.63, 3.8) is 0 Å². The molecular formula is C21H22FN3O5S. The van der Waals surface area contributed by atoms with Crippen molar-refractivity contribution in [1.82, 2.24) is 15.1 Å². The molecule has 2 aromatic carbocycles. The molecule has 0 aliphatic heterocycles. The monoisotopic (exact) mass is 447 g/mol. The van der Waals surface area contributed by atoms with E-state index < -0.39 is 0 Å². The van der Waals surface area contributed by atoms with E-state index in [0.29, 0.717) is 29.4 Å². The molecule has 1 amide bonds. The number of nitrogens with zero attached hydrogens (tertiary/aromatic N) is 3. The number of carbonyl (C=O) groups excluding carboxylic acids is 1. The molecule has 164 valence electrons. The molecule has 1 aromatic heterocycles. The Kier molecular flexibility index (Phi) is 7.35. The van der Waals surface area contributed by atoms with Crippen molar-refractivity contribution in [2.45, 2.75) is 11.8 Å². The third kappa shape index (κ3) is 5.46. The SMILES string of the molecule is COc1cc(-c2nnc(SCC(=O)N(C)Cc3ccc(F)cc3)o2)cc(OC)c1OC. The number of rotatable bonds is 9. The number of carbonyl (C=O) groups is 1. The number of benzene rings is 2. The number of halogens is 1. The Bertz CT molecular complexity index is 1020. The molecule has 3 rings (SSSR count). The summed E-state index contributed by atoms with van der Waals surface area (Å²) in [5, 5.41) is 8.29. The second kappa shape index (κ2) is 10.2. The molecule has 0 saturated heterocycles. The Balaban J connectivity index is 1.64. The molecule has 0 fully saturated rings. The molecule has 10 heteroatoms. The number of thioether (sulfide) groups is 1. The summed E-state index contributed by atoms with van der Waals surface area (Å²) >= 11 is 1.13. The Morgan fingerprint density at radius 2 is 1.71 bits per heavy atom. The Hall–Kier alpha value is -3.27. The van der Waals surface area contributed by atoms with Gasteiger partial charge in [-0.1, -0.05) is 23.9 Å². The summed E-state index contributed by atoms with van der Waals surface area (Å²) in [7, 11) is 6.24. The maximum atomic E-state index is 13.0. The summed E-state index contributed by atoms with van der Waals surface area (Å²) in [5.74, 6) is 1.32. The maximum absolute atomic E-state index is 13.0. The van der Waals surface area contributed by atoms with E-state index in [2.05, 4.69) is 10.2 Å². The minimum atomic E-state index is -0.312. The lowest BCUT2D eigenvalue weighted by Crippen LogP contribution is -2.27. The number of ether oxygens (including phenoxy) is 3. The molecule has 0 spiro atoms. The van der Waals surface area contributed by atoms with E-state index in [0.717, 1.165) is 17.3 Å². The second-order valence-corrected chi connectivity index (χ2v) is 7.38. The van der Waals surface area contributed by atoms with Crippen LogP contribution in [-0.4, -0.2) is 55.1 Å². The normalized spacial score (nSPS) is 10.6. The van der Waals surface area contributed by atoms with Crippen LogP contribution in [0.25, 0.3) is 11.5 Å². The van der Waals surface area contributed by atoms with Gasteiger partial charge >= 0.3 is 0 Å². The van der Waals surface area contributed by atoms with Crippen LogP contribution in [0.2, 0.25) is 0 Å². The Morgan fingerprint density at radius 3 is 2.29 bits per heavy atom. The lowest BCUT2D eigenvalue weighted by Gasteiger charge is -2.16. The number of methoxy groups -OCH3 is 3. The van der Waals surface area contributed by atoms with Gasteiger partial charge < -0.3 is 23.5 Å². The molecule has 0 atom stereocenters. The first-order valence-electron chi connectivity index (χ1n) is 9.20. The first-order chi connectivity index (χ1) is 14.9. The average Bonchev–Trinajstić information content (AvgIpc) is 3.26. The van der Waals surface area contributed by atoms with Crippen molar-refractivity contribution in [3.05, 3.63) is 47.8 Å². The van der Waals surface area contributed by atoms with Crippen LogP contribution in [0.3, 0.4) is 0 Å². The maximum Gasteiger partial charge on any atom is 0.277 e. The highest BCUT2D eigenvalue weighted by Crippen LogP contribution is 2.41. The summed E-state index contributed by atoms with van der Waals surface area (Å²) < 4.78 is 34.7. The fourth-order valence-corrected chi connectivity index (χ4v) is 3.48. The molecule has 8 nitrogen and oxygen atoms in total. The van der Waals surface area contributed by atoms with Gasteiger partial charge in [0, 0.05) is 19.2 Å². The van der Waals surface area contributed by atoms with Gasteiger partial charge in [0.25, 0.3) is 5.22 Å². The van der Waals surface area contributed by atoms with Gasteiger partial charge in [-0.05, 0) is 29.8 Å².